The maximum absolute atomic E-state index is 13.3. The van der Waals surface area contributed by atoms with Crippen LogP contribution < -0.4 is 5.73 Å². The number of halogens is 2. The normalized spacial score (nSPS) is 28.5. The van der Waals surface area contributed by atoms with Crippen LogP contribution in [0, 0.1) is 17.7 Å². The van der Waals surface area contributed by atoms with Gasteiger partial charge in [0, 0.05) is 17.0 Å². The first-order valence-corrected chi connectivity index (χ1v) is 6.04. The Labute approximate surface area is 101 Å². The number of benzene rings is 1. The molecule has 1 aromatic carbocycles. The third-order valence-electron chi connectivity index (χ3n) is 3.77. The van der Waals surface area contributed by atoms with Crippen molar-refractivity contribution in [2.75, 3.05) is 6.54 Å². The van der Waals surface area contributed by atoms with Crippen LogP contribution in [0.5, 0.6) is 0 Å². The van der Waals surface area contributed by atoms with Gasteiger partial charge in [0.05, 0.1) is 0 Å². The lowest BCUT2D eigenvalue weighted by atomic mass is 9.89. The quantitative estimate of drug-likeness (QED) is 0.863. The van der Waals surface area contributed by atoms with Crippen molar-refractivity contribution in [1.29, 1.82) is 0 Å². The smallest absolute Gasteiger partial charge is 0.123 e. The van der Waals surface area contributed by atoms with Gasteiger partial charge in [-0.25, -0.2) is 4.39 Å². The van der Waals surface area contributed by atoms with Gasteiger partial charge in [-0.3, -0.25) is 0 Å². The van der Waals surface area contributed by atoms with Crippen LogP contribution in [0.4, 0.5) is 4.39 Å². The van der Waals surface area contributed by atoms with Gasteiger partial charge in [0.1, 0.15) is 5.82 Å². The van der Waals surface area contributed by atoms with E-state index in [1.807, 2.05) is 0 Å². The summed E-state index contributed by atoms with van der Waals surface area (Å²) in [4.78, 5) is 0. The second-order valence-electron chi connectivity index (χ2n) is 5.04. The van der Waals surface area contributed by atoms with Crippen LogP contribution in [0.15, 0.2) is 18.2 Å². The molecule has 0 aliphatic heterocycles. The fourth-order valence-electron chi connectivity index (χ4n) is 2.74. The van der Waals surface area contributed by atoms with Crippen LogP contribution in [0.25, 0.3) is 0 Å². The predicted octanol–water partition coefficient (Wildman–Crippen LogP) is 3.35. The molecule has 2 unspecified atom stereocenters. The van der Waals surface area contributed by atoms with E-state index >= 15 is 0 Å². The first-order valence-electron chi connectivity index (χ1n) is 5.67. The van der Waals surface area contributed by atoms with Gasteiger partial charge in [0.25, 0.3) is 0 Å². The average Bonchev–Trinajstić information content (AvgIpc) is 2.98. The molecule has 1 aromatic rings. The molecule has 0 heterocycles. The predicted molar refractivity (Wildman–Crippen MR) is 65.1 cm³/mol. The number of hydrogen-bond donors (Lipinski definition) is 1. The third kappa shape index (κ3) is 1.74. The first kappa shape index (κ1) is 11.9. The van der Waals surface area contributed by atoms with E-state index in [4.69, 9.17) is 17.3 Å². The second-order valence-corrected chi connectivity index (χ2v) is 5.45. The molecular formula is C13H17ClFN. The van der Waals surface area contributed by atoms with Crippen molar-refractivity contribution in [3.63, 3.8) is 0 Å². The molecule has 1 aliphatic rings. The molecule has 1 nitrogen and oxygen atoms in total. The van der Waals surface area contributed by atoms with E-state index in [2.05, 4.69) is 13.8 Å². The molecule has 2 N–H and O–H groups in total. The van der Waals surface area contributed by atoms with Crippen molar-refractivity contribution in [1.82, 2.24) is 0 Å². The molecule has 2 atom stereocenters. The summed E-state index contributed by atoms with van der Waals surface area (Å²) in [5.74, 6) is 0.848. The van der Waals surface area contributed by atoms with Crippen LogP contribution in [-0.2, 0) is 5.41 Å². The first-order chi connectivity index (χ1) is 7.51. The fourth-order valence-corrected chi connectivity index (χ4v) is 3.05. The summed E-state index contributed by atoms with van der Waals surface area (Å²) in [6.07, 6.45) is 1.02. The number of hydrogen-bond acceptors (Lipinski definition) is 1. The van der Waals surface area contributed by atoms with Gasteiger partial charge >= 0.3 is 0 Å². The van der Waals surface area contributed by atoms with E-state index in [1.165, 1.54) is 12.1 Å². The van der Waals surface area contributed by atoms with Crippen molar-refractivity contribution >= 4 is 11.6 Å². The van der Waals surface area contributed by atoms with E-state index in [1.54, 1.807) is 6.07 Å². The van der Waals surface area contributed by atoms with E-state index in [0.717, 1.165) is 12.0 Å². The van der Waals surface area contributed by atoms with Crippen LogP contribution >= 0.6 is 11.6 Å². The maximum atomic E-state index is 13.3. The summed E-state index contributed by atoms with van der Waals surface area (Å²) >= 11 is 6.15. The zero-order valence-electron chi connectivity index (χ0n) is 9.63. The van der Waals surface area contributed by atoms with Crippen molar-refractivity contribution < 1.29 is 4.39 Å². The van der Waals surface area contributed by atoms with Crippen LogP contribution in [-0.4, -0.2) is 6.54 Å². The molecule has 2 rings (SSSR count). The minimum atomic E-state index is -0.235. The molecule has 0 spiro atoms. The van der Waals surface area contributed by atoms with E-state index in [-0.39, 0.29) is 11.2 Å². The van der Waals surface area contributed by atoms with Gasteiger partial charge in [-0.1, -0.05) is 25.4 Å². The van der Waals surface area contributed by atoms with Crippen molar-refractivity contribution in [2.45, 2.75) is 25.7 Å². The van der Waals surface area contributed by atoms with Crippen molar-refractivity contribution in [3.8, 4) is 0 Å². The van der Waals surface area contributed by atoms with E-state index in [9.17, 15) is 4.39 Å². The highest BCUT2D eigenvalue weighted by molar-refractivity contribution is 6.31. The van der Waals surface area contributed by atoms with Gasteiger partial charge in [0.15, 0.2) is 0 Å². The van der Waals surface area contributed by atoms with Gasteiger partial charge < -0.3 is 5.73 Å². The molecule has 0 amide bonds. The largest absolute Gasteiger partial charge is 0.330 e. The summed E-state index contributed by atoms with van der Waals surface area (Å²) in [5.41, 5.74) is 6.66. The average molecular weight is 242 g/mol. The Hall–Kier alpha value is -0.600. The van der Waals surface area contributed by atoms with E-state index < -0.39 is 0 Å². The van der Waals surface area contributed by atoms with Crippen molar-refractivity contribution in [2.24, 2.45) is 17.6 Å². The third-order valence-corrected chi connectivity index (χ3v) is 4.10. The number of rotatable bonds is 3. The molecule has 0 aromatic heterocycles. The Bertz CT molecular complexity index is 405. The minimum absolute atomic E-state index is 0.0899. The molecule has 0 bridgehead atoms. The lowest BCUT2D eigenvalue weighted by molar-refractivity contribution is 0.482. The zero-order chi connectivity index (χ0) is 11.9. The van der Waals surface area contributed by atoms with Gasteiger partial charge in [-0.2, -0.15) is 0 Å². The Morgan fingerprint density at radius 2 is 2.25 bits per heavy atom. The molecular weight excluding hydrogens is 225 g/mol. The van der Waals surface area contributed by atoms with Gasteiger partial charge in [0.2, 0.25) is 0 Å². The Balaban J connectivity index is 2.40. The molecule has 1 saturated carbocycles. The van der Waals surface area contributed by atoms with Crippen LogP contribution in [0.1, 0.15) is 25.8 Å². The van der Waals surface area contributed by atoms with Crippen LogP contribution in [0.2, 0.25) is 5.02 Å². The number of nitrogens with two attached hydrogens (primary N) is 1. The summed E-state index contributed by atoms with van der Waals surface area (Å²) in [6.45, 7) is 4.89. The van der Waals surface area contributed by atoms with E-state index in [0.29, 0.717) is 23.4 Å². The molecule has 0 saturated heterocycles. The minimum Gasteiger partial charge on any atom is -0.330 e. The molecule has 16 heavy (non-hydrogen) atoms. The van der Waals surface area contributed by atoms with Crippen LogP contribution in [0.3, 0.4) is 0 Å². The lowest BCUT2D eigenvalue weighted by Gasteiger charge is -2.19. The Morgan fingerprint density at radius 1 is 1.56 bits per heavy atom. The standard InChI is InChI=1S/C13H17ClFN/c1-8(2)11-6-13(11,7-16)10-5-9(15)3-4-12(10)14/h3-5,8,11H,6-7,16H2,1-2H3. The maximum Gasteiger partial charge on any atom is 0.123 e. The topological polar surface area (TPSA) is 26.0 Å². The lowest BCUT2D eigenvalue weighted by Crippen LogP contribution is -2.24. The highest BCUT2D eigenvalue weighted by Crippen LogP contribution is 2.58. The highest BCUT2D eigenvalue weighted by atomic mass is 35.5. The summed E-state index contributed by atoms with van der Waals surface area (Å²) < 4.78 is 13.3. The highest BCUT2D eigenvalue weighted by Gasteiger charge is 2.56. The zero-order valence-corrected chi connectivity index (χ0v) is 10.4. The molecule has 0 radical (unpaired) electrons. The fraction of sp³-hybridized carbons (Fsp3) is 0.538. The SMILES string of the molecule is CC(C)C1CC1(CN)c1cc(F)ccc1Cl. The molecule has 88 valence electrons. The molecule has 3 heteroatoms. The summed E-state index contributed by atoms with van der Waals surface area (Å²) in [5, 5.41) is 0.634. The van der Waals surface area contributed by atoms with Gasteiger partial charge in [-0.05, 0) is 42.0 Å². The Morgan fingerprint density at radius 3 is 2.75 bits per heavy atom. The summed E-state index contributed by atoms with van der Waals surface area (Å²) in [6, 6.07) is 4.56. The molecule has 1 fully saturated rings. The second kappa shape index (κ2) is 4.01. The monoisotopic (exact) mass is 241 g/mol. The Kier molecular flexibility index (Phi) is 2.97. The summed E-state index contributed by atoms with van der Waals surface area (Å²) in [7, 11) is 0. The van der Waals surface area contributed by atoms with Crippen molar-refractivity contribution in [3.05, 3.63) is 34.6 Å². The molecule has 1 aliphatic carbocycles. The van der Waals surface area contributed by atoms with Gasteiger partial charge in [-0.15, -0.1) is 0 Å².